The highest BCUT2D eigenvalue weighted by atomic mass is 16.3. The molecule has 0 radical (unpaired) electrons. The molecule has 0 heterocycles. The van der Waals surface area contributed by atoms with Crippen molar-refractivity contribution < 1.29 is 15.0 Å². The number of nitrogens with zero attached hydrogens (tertiary/aromatic N) is 1. The van der Waals surface area contributed by atoms with E-state index in [1.165, 1.54) is 6.21 Å². The fourth-order valence-electron chi connectivity index (χ4n) is 3.69. The number of carbonyl (C=O) groups excluding carboxylic acids is 1. The van der Waals surface area contributed by atoms with Crippen molar-refractivity contribution in [2.75, 3.05) is 0 Å². The van der Waals surface area contributed by atoms with Crippen LogP contribution in [-0.4, -0.2) is 22.3 Å². The first-order chi connectivity index (χ1) is 15.2. The molecule has 0 unspecified atom stereocenters. The quantitative estimate of drug-likeness (QED) is 0.363. The standard InChI is InChI=1S/C27H30N2O3/c1-18(2)23-15-20(16-24(19(3)4)25(23)30)17-28-29-26(31)27(32,21-11-7-5-8-12-21)22-13-9-6-10-14-22/h5-19,30,32H,1-4H3,(H,29,31)/b28-17-. The maximum Gasteiger partial charge on any atom is 0.281 e. The summed E-state index contributed by atoms with van der Waals surface area (Å²) in [7, 11) is 0. The Morgan fingerprint density at radius 1 is 0.875 bits per heavy atom. The smallest absolute Gasteiger partial charge is 0.281 e. The summed E-state index contributed by atoms with van der Waals surface area (Å²) < 4.78 is 0. The van der Waals surface area contributed by atoms with Crippen LogP contribution in [0, 0.1) is 0 Å². The third kappa shape index (κ3) is 4.73. The fourth-order valence-corrected chi connectivity index (χ4v) is 3.69. The van der Waals surface area contributed by atoms with Crippen LogP contribution in [0.15, 0.2) is 77.9 Å². The molecule has 1 amide bonds. The van der Waals surface area contributed by atoms with E-state index in [1.807, 2.05) is 52.0 Å². The molecular weight excluding hydrogens is 400 g/mol. The SMILES string of the molecule is CC(C)c1cc(/C=N\NC(=O)C(O)(c2ccccc2)c2ccccc2)cc(C(C)C)c1O. The zero-order chi connectivity index (χ0) is 23.3. The molecule has 32 heavy (non-hydrogen) atoms. The number of aliphatic hydroxyl groups is 1. The molecule has 0 aromatic heterocycles. The van der Waals surface area contributed by atoms with Crippen molar-refractivity contribution >= 4 is 12.1 Å². The molecule has 0 bridgehead atoms. The number of hydrazone groups is 1. The number of aromatic hydroxyl groups is 1. The summed E-state index contributed by atoms with van der Waals surface area (Å²) in [5.74, 6) is -0.0785. The van der Waals surface area contributed by atoms with Crippen molar-refractivity contribution in [2.24, 2.45) is 5.10 Å². The molecule has 3 rings (SSSR count). The highest BCUT2D eigenvalue weighted by Gasteiger charge is 2.39. The lowest BCUT2D eigenvalue weighted by molar-refractivity contribution is -0.136. The van der Waals surface area contributed by atoms with E-state index in [0.29, 0.717) is 16.9 Å². The second kappa shape index (κ2) is 9.79. The van der Waals surface area contributed by atoms with Crippen LogP contribution in [0.3, 0.4) is 0 Å². The van der Waals surface area contributed by atoms with Gasteiger partial charge >= 0.3 is 0 Å². The zero-order valence-corrected chi connectivity index (χ0v) is 18.9. The fraction of sp³-hybridized carbons (Fsp3) is 0.259. The number of rotatable bonds is 7. The topological polar surface area (TPSA) is 81.9 Å². The third-order valence-corrected chi connectivity index (χ3v) is 5.53. The van der Waals surface area contributed by atoms with Crippen molar-refractivity contribution in [3.63, 3.8) is 0 Å². The van der Waals surface area contributed by atoms with Crippen LogP contribution in [0.25, 0.3) is 0 Å². The Morgan fingerprint density at radius 2 is 1.31 bits per heavy atom. The van der Waals surface area contributed by atoms with Crippen LogP contribution in [0.5, 0.6) is 5.75 Å². The maximum absolute atomic E-state index is 13.1. The van der Waals surface area contributed by atoms with Gasteiger partial charge in [0.1, 0.15) is 5.75 Å². The largest absolute Gasteiger partial charge is 0.507 e. The molecule has 3 aromatic carbocycles. The number of hydrogen-bond donors (Lipinski definition) is 3. The minimum Gasteiger partial charge on any atom is -0.507 e. The second-order valence-corrected chi connectivity index (χ2v) is 8.50. The van der Waals surface area contributed by atoms with Crippen molar-refractivity contribution in [1.82, 2.24) is 5.43 Å². The van der Waals surface area contributed by atoms with Gasteiger partial charge in [0.15, 0.2) is 5.60 Å². The molecule has 166 valence electrons. The highest BCUT2D eigenvalue weighted by Crippen LogP contribution is 2.34. The highest BCUT2D eigenvalue weighted by molar-refractivity contribution is 5.91. The summed E-state index contributed by atoms with van der Waals surface area (Å²) in [4.78, 5) is 13.1. The third-order valence-electron chi connectivity index (χ3n) is 5.53. The van der Waals surface area contributed by atoms with Crippen LogP contribution >= 0.6 is 0 Å². The van der Waals surface area contributed by atoms with Gasteiger partial charge in [0.05, 0.1) is 6.21 Å². The Labute approximate surface area is 189 Å². The first-order valence-electron chi connectivity index (χ1n) is 10.8. The van der Waals surface area contributed by atoms with Gasteiger partial charge in [-0.25, -0.2) is 5.43 Å². The lowest BCUT2D eigenvalue weighted by atomic mass is 9.85. The Hall–Kier alpha value is -3.44. The molecule has 0 spiro atoms. The molecule has 3 N–H and O–H groups in total. The van der Waals surface area contributed by atoms with E-state index < -0.39 is 11.5 Å². The molecule has 0 aliphatic rings. The van der Waals surface area contributed by atoms with E-state index in [1.54, 1.807) is 48.5 Å². The molecule has 0 saturated heterocycles. The summed E-state index contributed by atoms with van der Waals surface area (Å²) in [6, 6.07) is 21.3. The predicted molar refractivity (Wildman–Crippen MR) is 128 cm³/mol. The minimum atomic E-state index is -1.89. The van der Waals surface area contributed by atoms with Gasteiger partial charge in [-0.3, -0.25) is 4.79 Å². The summed E-state index contributed by atoms with van der Waals surface area (Å²) >= 11 is 0. The number of amides is 1. The number of nitrogens with one attached hydrogen (secondary N) is 1. The van der Waals surface area contributed by atoms with Crippen LogP contribution < -0.4 is 5.43 Å². The molecule has 0 aliphatic carbocycles. The van der Waals surface area contributed by atoms with Crippen molar-refractivity contribution in [1.29, 1.82) is 0 Å². The number of phenols is 1. The Balaban J connectivity index is 1.92. The minimum absolute atomic E-state index is 0.136. The Morgan fingerprint density at radius 3 is 1.72 bits per heavy atom. The second-order valence-electron chi connectivity index (χ2n) is 8.50. The van der Waals surface area contributed by atoms with Gasteiger partial charge < -0.3 is 10.2 Å². The lowest BCUT2D eigenvalue weighted by Crippen LogP contribution is -2.43. The molecule has 0 saturated carbocycles. The van der Waals surface area contributed by atoms with Gasteiger partial charge in [-0.15, -0.1) is 0 Å². The monoisotopic (exact) mass is 430 g/mol. The van der Waals surface area contributed by atoms with Gasteiger partial charge in [0.2, 0.25) is 0 Å². The molecule has 5 heteroatoms. The number of carbonyl (C=O) groups is 1. The van der Waals surface area contributed by atoms with E-state index in [4.69, 9.17) is 0 Å². The van der Waals surface area contributed by atoms with E-state index >= 15 is 0 Å². The summed E-state index contributed by atoms with van der Waals surface area (Å²) in [5.41, 5.74) is 3.93. The molecule has 0 aliphatic heterocycles. The van der Waals surface area contributed by atoms with E-state index in [0.717, 1.165) is 16.7 Å². The van der Waals surface area contributed by atoms with Crippen molar-refractivity contribution in [3.05, 3.63) is 101 Å². The van der Waals surface area contributed by atoms with E-state index in [9.17, 15) is 15.0 Å². The summed E-state index contributed by atoms with van der Waals surface area (Å²) in [5, 5.41) is 26.2. The van der Waals surface area contributed by atoms with Gasteiger partial charge in [0, 0.05) is 0 Å². The van der Waals surface area contributed by atoms with E-state index in [-0.39, 0.29) is 11.8 Å². The van der Waals surface area contributed by atoms with Gasteiger partial charge in [-0.05, 0) is 51.8 Å². The van der Waals surface area contributed by atoms with Crippen molar-refractivity contribution in [3.8, 4) is 5.75 Å². The first-order valence-corrected chi connectivity index (χ1v) is 10.8. The average molecular weight is 431 g/mol. The van der Waals surface area contributed by atoms with Gasteiger partial charge in [0.25, 0.3) is 5.91 Å². The molecule has 0 atom stereocenters. The molecule has 0 fully saturated rings. The zero-order valence-electron chi connectivity index (χ0n) is 18.9. The number of hydrogen-bond acceptors (Lipinski definition) is 4. The predicted octanol–water partition coefficient (Wildman–Crippen LogP) is 5.03. The van der Waals surface area contributed by atoms with E-state index in [2.05, 4.69) is 10.5 Å². The summed E-state index contributed by atoms with van der Waals surface area (Å²) in [6.45, 7) is 8.06. The first kappa shape index (κ1) is 23.2. The lowest BCUT2D eigenvalue weighted by Gasteiger charge is -2.27. The van der Waals surface area contributed by atoms with Gasteiger partial charge in [-0.1, -0.05) is 88.4 Å². The Bertz CT molecular complexity index is 1020. The van der Waals surface area contributed by atoms with Crippen LogP contribution in [0.2, 0.25) is 0 Å². The normalized spacial score (nSPS) is 12.0. The Kier molecular flexibility index (Phi) is 7.11. The van der Waals surface area contributed by atoms with Crippen LogP contribution in [-0.2, 0) is 10.4 Å². The molecule has 3 aromatic rings. The summed E-state index contributed by atoms with van der Waals surface area (Å²) in [6.07, 6.45) is 1.53. The van der Waals surface area contributed by atoms with Crippen LogP contribution in [0.1, 0.15) is 67.3 Å². The average Bonchev–Trinajstić information content (AvgIpc) is 2.80. The van der Waals surface area contributed by atoms with Gasteiger partial charge in [-0.2, -0.15) is 5.10 Å². The number of phenolic OH excluding ortho intramolecular Hbond substituents is 1. The van der Waals surface area contributed by atoms with Crippen LogP contribution in [0.4, 0.5) is 0 Å². The maximum atomic E-state index is 13.1. The molecular formula is C27H30N2O3. The molecule has 5 nitrogen and oxygen atoms in total. The number of benzene rings is 3. The van der Waals surface area contributed by atoms with Crippen molar-refractivity contribution in [2.45, 2.75) is 45.1 Å².